The van der Waals surface area contributed by atoms with Gasteiger partial charge in [0.25, 0.3) is 5.91 Å². The van der Waals surface area contributed by atoms with Crippen molar-refractivity contribution >= 4 is 34.8 Å². The number of amides is 1. The van der Waals surface area contributed by atoms with Crippen LogP contribution < -0.4 is 10.1 Å². The van der Waals surface area contributed by atoms with E-state index in [2.05, 4.69) is 10.2 Å². The molecule has 2 aromatic carbocycles. The molecule has 0 bridgehead atoms. The Labute approximate surface area is 209 Å². The van der Waals surface area contributed by atoms with Gasteiger partial charge in [-0.2, -0.15) is 0 Å². The average molecular weight is 491 g/mol. The number of carbonyl (C=O) groups is 3. The fraction of sp³-hybridized carbons (Fsp3) is 0.321. The van der Waals surface area contributed by atoms with Crippen molar-refractivity contribution in [2.24, 2.45) is 0 Å². The summed E-state index contributed by atoms with van der Waals surface area (Å²) in [5.41, 5.74) is 4.61. The molecule has 1 amide bonds. The molecule has 2 aromatic rings. The van der Waals surface area contributed by atoms with Crippen LogP contribution in [0.3, 0.4) is 0 Å². The minimum atomic E-state index is -0.539. The van der Waals surface area contributed by atoms with Crippen molar-refractivity contribution in [1.29, 1.82) is 0 Å². The van der Waals surface area contributed by atoms with E-state index in [0.29, 0.717) is 46.0 Å². The maximum absolute atomic E-state index is 13.2. The molecule has 5 rings (SSSR count). The van der Waals surface area contributed by atoms with Gasteiger partial charge in [-0.3, -0.25) is 14.4 Å². The van der Waals surface area contributed by atoms with Crippen molar-refractivity contribution in [2.45, 2.75) is 44.4 Å². The molecule has 180 valence electrons. The minimum Gasteiger partial charge on any atom is -0.483 e. The summed E-state index contributed by atoms with van der Waals surface area (Å²) >= 11 is 6.41. The lowest BCUT2D eigenvalue weighted by Gasteiger charge is -2.42. The molecule has 0 saturated carbocycles. The molecule has 0 aromatic heterocycles. The van der Waals surface area contributed by atoms with Gasteiger partial charge in [-0.15, -0.1) is 0 Å². The van der Waals surface area contributed by atoms with Gasteiger partial charge in [0.05, 0.1) is 0 Å². The summed E-state index contributed by atoms with van der Waals surface area (Å²) in [5, 5.41) is 3.29. The third-order valence-electron chi connectivity index (χ3n) is 6.94. The fourth-order valence-corrected chi connectivity index (χ4v) is 5.58. The third kappa shape index (κ3) is 4.50. The van der Waals surface area contributed by atoms with E-state index in [1.165, 1.54) is 0 Å². The SMILES string of the molecule is CN1C2=C(C(=O)CCC2)C(c2cc(Cl)ccc2OCC(=O)Nc2ccccc2)C2=C1CCCC2=O. The number of nitrogens with one attached hydrogen (secondary N) is 1. The number of rotatable bonds is 5. The number of carbonyl (C=O) groups excluding carboxylic acids is 3. The summed E-state index contributed by atoms with van der Waals surface area (Å²) in [6.07, 6.45) is 4.07. The van der Waals surface area contributed by atoms with Crippen LogP contribution in [0.5, 0.6) is 5.75 Å². The first kappa shape index (κ1) is 23.4. The van der Waals surface area contributed by atoms with Gasteiger partial charge in [0.15, 0.2) is 18.2 Å². The second kappa shape index (κ2) is 9.70. The first-order valence-corrected chi connectivity index (χ1v) is 12.3. The van der Waals surface area contributed by atoms with E-state index >= 15 is 0 Å². The number of halogens is 1. The first-order chi connectivity index (χ1) is 16.9. The third-order valence-corrected chi connectivity index (χ3v) is 7.18. The summed E-state index contributed by atoms with van der Waals surface area (Å²) in [4.78, 5) is 41.1. The Morgan fingerprint density at radius 3 is 2.23 bits per heavy atom. The van der Waals surface area contributed by atoms with Gasteiger partial charge in [-0.25, -0.2) is 0 Å². The Kier molecular flexibility index (Phi) is 6.48. The molecule has 0 radical (unpaired) electrons. The van der Waals surface area contributed by atoms with Crippen LogP contribution in [0.25, 0.3) is 0 Å². The van der Waals surface area contributed by atoms with Gasteiger partial charge >= 0.3 is 0 Å². The molecule has 0 atom stereocenters. The summed E-state index contributed by atoms with van der Waals surface area (Å²) in [6.45, 7) is -0.212. The van der Waals surface area contributed by atoms with Crippen molar-refractivity contribution in [3.8, 4) is 5.75 Å². The normalized spacial score (nSPS) is 18.4. The number of ether oxygens (including phenoxy) is 1. The van der Waals surface area contributed by atoms with Crippen LogP contribution in [0.1, 0.15) is 50.0 Å². The molecule has 35 heavy (non-hydrogen) atoms. The number of ketones is 2. The smallest absolute Gasteiger partial charge is 0.262 e. The Balaban J connectivity index is 1.53. The van der Waals surface area contributed by atoms with Crippen molar-refractivity contribution in [3.63, 3.8) is 0 Å². The van der Waals surface area contributed by atoms with E-state index in [4.69, 9.17) is 16.3 Å². The van der Waals surface area contributed by atoms with Gasteiger partial charge in [-0.05, 0) is 56.0 Å². The molecule has 0 unspecified atom stereocenters. The van der Waals surface area contributed by atoms with Gasteiger partial charge in [0.1, 0.15) is 5.75 Å². The highest BCUT2D eigenvalue weighted by molar-refractivity contribution is 6.30. The number of anilines is 1. The Morgan fingerprint density at radius 2 is 1.60 bits per heavy atom. The van der Waals surface area contributed by atoms with Crippen LogP contribution in [0.2, 0.25) is 5.02 Å². The molecular formula is C28H27ClN2O4. The fourth-order valence-electron chi connectivity index (χ4n) is 5.40. The van der Waals surface area contributed by atoms with E-state index in [-0.39, 0.29) is 24.1 Å². The summed E-state index contributed by atoms with van der Waals surface area (Å²) in [5.74, 6) is -0.283. The summed E-state index contributed by atoms with van der Waals surface area (Å²) in [7, 11) is 1.96. The number of hydrogen-bond acceptors (Lipinski definition) is 5. The van der Waals surface area contributed by atoms with Gasteiger partial charge in [0, 0.05) is 64.6 Å². The van der Waals surface area contributed by atoms with Crippen molar-refractivity contribution in [2.75, 3.05) is 19.0 Å². The lowest BCUT2D eigenvalue weighted by atomic mass is 9.71. The predicted molar refractivity (Wildman–Crippen MR) is 134 cm³/mol. The number of para-hydroxylation sites is 1. The Morgan fingerprint density at radius 1 is 0.971 bits per heavy atom. The first-order valence-electron chi connectivity index (χ1n) is 12.0. The zero-order chi connectivity index (χ0) is 24.5. The van der Waals surface area contributed by atoms with E-state index in [0.717, 1.165) is 37.1 Å². The minimum absolute atomic E-state index is 0.0563. The van der Waals surface area contributed by atoms with E-state index in [1.54, 1.807) is 30.3 Å². The molecule has 1 heterocycles. The van der Waals surface area contributed by atoms with E-state index in [9.17, 15) is 14.4 Å². The van der Waals surface area contributed by atoms with Crippen molar-refractivity contribution < 1.29 is 19.1 Å². The highest BCUT2D eigenvalue weighted by Crippen LogP contribution is 2.50. The predicted octanol–water partition coefficient (Wildman–Crippen LogP) is 5.40. The van der Waals surface area contributed by atoms with Crippen LogP contribution in [0.15, 0.2) is 71.1 Å². The van der Waals surface area contributed by atoms with E-state index < -0.39 is 5.92 Å². The number of allylic oxidation sites excluding steroid dienone is 4. The number of benzene rings is 2. The molecule has 2 aliphatic carbocycles. The van der Waals surface area contributed by atoms with Crippen LogP contribution in [-0.2, 0) is 14.4 Å². The molecule has 1 aliphatic heterocycles. The molecule has 6 nitrogen and oxygen atoms in total. The second-order valence-corrected chi connectivity index (χ2v) is 9.59. The maximum Gasteiger partial charge on any atom is 0.262 e. The van der Waals surface area contributed by atoms with Crippen LogP contribution in [-0.4, -0.2) is 36.0 Å². The molecule has 1 N–H and O–H groups in total. The molecular weight excluding hydrogens is 464 g/mol. The average Bonchev–Trinajstić information content (AvgIpc) is 2.85. The molecule has 0 saturated heterocycles. The van der Waals surface area contributed by atoms with Gasteiger partial charge < -0.3 is 15.0 Å². The Bertz CT molecular complexity index is 1220. The number of nitrogens with zero attached hydrogens (tertiary/aromatic N) is 1. The molecule has 7 heteroatoms. The molecule has 0 spiro atoms. The highest BCUT2D eigenvalue weighted by atomic mass is 35.5. The molecule has 3 aliphatic rings. The lowest BCUT2D eigenvalue weighted by Crippen LogP contribution is -2.37. The van der Waals surface area contributed by atoms with Crippen LogP contribution in [0, 0.1) is 0 Å². The number of Topliss-reactive ketones (excluding diaryl/α,β-unsaturated/α-hetero) is 2. The topological polar surface area (TPSA) is 75.7 Å². The standard InChI is InChI=1S/C28H27ClN2O4/c1-31-20-9-5-11-22(32)27(20)26(28-21(31)10-6-12-23(28)33)19-15-17(29)13-14-24(19)35-16-25(34)30-18-7-3-2-4-8-18/h2-4,7-8,13-15,26H,5-6,9-12,16H2,1H3,(H,30,34). The zero-order valence-electron chi connectivity index (χ0n) is 19.6. The second-order valence-electron chi connectivity index (χ2n) is 9.15. The lowest BCUT2D eigenvalue weighted by molar-refractivity contribution is -0.119. The number of hydrogen-bond donors (Lipinski definition) is 1. The van der Waals surface area contributed by atoms with Crippen molar-refractivity contribution in [3.05, 3.63) is 81.7 Å². The quantitative estimate of drug-likeness (QED) is 0.607. The summed E-state index contributed by atoms with van der Waals surface area (Å²) < 4.78 is 5.98. The zero-order valence-corrected chi connectivity index (χ0v) is 20.4. The van der Waals surface area contributed by atoms with Gasteiger partial charge in [-0.1, -0.05) is 29.8 Å². The van der Waals surface area contributed by atoms with Crippen LogP contribution >= 0.6 is 11.6 Å². The highest BCUT2D eigenvalue weighted by Gasteiger charge is 2.43. The van der Waals surface area contributed by atoms with Crippen molar-refractivity contribution in [1.82, 2.24) is 4.90 Å². The monoisotopic (exact) mass is 490 g/mol. The largest absolute Gasteiger partial charge is 0.483 e. The maximum atomic E-state index is 13.2. The van der Waals surface area contributed by atoms with Gasteiger partial charge in [0.2, 0.25) is 0 Å². The molecule has 0 fully saturated rings. The Hall–Kier alpha value is -3.38. The van der Waals surface area contributed by atoms with E-state index in [1.807, 2.05) is 25.2 Å². The van der Waals surface area contributed by atoms with Crippen LogP contribution in [0.4, 0.5) is 5.69 Å². The summed E-state index contributed by atoms with van der Waals surface area (Å²) in [6, 6.07) is 14.3.